The van der Waals surface area contributed by atoms with E-state index in [4.69, 9.17) is 0 Å². The lowest BCUT2D eigenvalue weighted by atomic mass is 9.64. The van der Waals surface area contributed by atoms with Crippen LogP contribution in [0.5, 0.6) is 0 Å². The third-order valence-corrected chi connectivity index (χ3v) is 9.38. The van der Waals surface area contributed by atoms with Crippen LogP contribution < -0.4 is 5.32 Å². The maximum atomic E-state index is 13.3. The zero-order chi connectivity index (χ0) is 21.6. The third-order valence-electron chi connectivity index (χ3n) is 9.38. The highest BCUT2D eigenvalue weighted by atomic mass is 16.3. The van der Waals surface area contributed by atoms with Crippen molar-refractivity contribution in [2.45, 2.75) is 82.8 Å². The summed E-state index contributed by atoms with van der Waals surface area (Å²) in [6.07, 6.45) is 11.5. The molecule has 2 aliphatic heterocycles. The minimum absolute atomic E-state index is 0.128. The number of hydrogen-bond donors (Lipinski definition) is 2. The van der Waals surface area contributed by atoms with Crippen molar-refractivity contribution in [2.24, 2.45) is 29.6 Å². The molecule has 3 saturated carbocycles. The molecule has 2 heterocycles. The summed E-state index contributed by atoms with van der Waals surface area (Å²) in [6.45, 7) is 5.87. The zero-order valence-electron chi connectivity index (χ0n) is 19.2. The predicted molar refractivity (Wildman–Crippen MR) is 119 cm³/mol. The van der Waals surface area contributed by atoms with E-state index in [-0.39, 0.29) is 11.8 Å². The number of rotatable bonds is 3. The number of nitrogens with zero attached hydrogens (tertiary/aromatic N) is 2. The summed E-state index contributed by atoms with van der Waals surface area (Å²) < 4.78 is 0. The highest BCUT2D eigenvalue weighted by molar-refractivity contribution is 5.88. The molecule has 5 fully saturated rings. The summed E-state index contributed by atoms with van der Waals surface area (Å²) in [4.78, 5) is 29.4. The maximum absolute atomic E-state index is 13.3. The van der Waals surface area contributed by atoms with Gasteiger partial charge in [-0.15, -0.1) is 0 Å². The molecule has 2 saturated heterocycles. The standard InChI is InChI=1S/C25H41N3O3/c1-17-15-18(19-5-7-22-20(16-19)3-2-10-26-22)4-6-21(17)23(29)27-11-13-28(14-12-27)24(30)25(31)8-9-25/h17-22,26,31H,2-16H2,1H3. The molecule has 6 atom stereocenters. The molecular weight excluding hydrogens is 390 g/mol. The van der Waals surface area contributed by atoms with E-state index in [2.05, 4.69) is 12.2 Å². The van der Waals surface area contributed by atoms with Gasteiger partial charge in [0.2, 0.25) is 5.91 Å². The van der Waals surface area contributed by atoms with Gasteiger partial charge in [0, 0.05) is 38.1 Å². The SMILES string of the molecule is CC1CC(C2CCC3NCCCC3C2)CCC1C(=O)N1CCN(C(=O)C2(O)CC2)CC1. The fourth-order valence-electron chi connectivity index (χ4n) is 7.19. The molecule has 6 unspecified atom stereocenters. The molecule has 5 rings (SSSR count). The predicted octanol–water partition coefficient (Wildman–Crippen LogP) is 2.40. The Kier molecular flexibility index (Phi) is 6.06. The Hall–Kier alpha value is -1.14. The quantitative estimate of drug-likeness (QED) is 0.720. The first-order valence-corrected chi connectivity index (χ1v) is 13.0. The average molecular weight is 432 g/mol. The van der Waals surface area contributed by atoms with E-state index < -0.39 is 5.60 Å². The largest absolute Gasteiger partial charge is 0.380 e. The van der Waals surface area contributed by atoms with Crippen molar-refractivity contribution in [2.75, 3.05) is 32.7 Å². The fraction of sp³-hybridized carbons (Fsp3) is 0.920. The first-order chi connectivity index (χ1) is 14.9. The van der Waals surface area contributed by atoms with Crippen molar-refractivity contribution in [3.05, 3.63) is 0 Å². The molecule has 6 heteroatoms. The molecule has 174 valence electrons. The van der Waals surface area contributed by atoms with Crippen LogP contribution >= 0.6 is 0 Å². The van der Waals surface area contributed by atoms with E-state index in [0.717, 1.165) is 30.2 Å². The first kappa shape index (κ1) is 21.7. The van der Waals surface area contributed by atoms with Gasteiger partial charge in [0.15, 0.2) is 0 Å². The summed E-state index contributed by atoms with van der Waals surface area (Å²) in [7, 11) is 0. The molecular formula is C25H41N3O3. The lowest BCUT2D eigenvalue weighted by Gasteiger charge is -2.45. The molecule has 0 aromatic heterocycles. The number of fused-ring (bicyclic) bond motifs is 1. The van der Waals surface area contributed by atoms with Crippen LogP contribution in [0.4, 0.5) is 0 Å². The Labute approximate surface area is 187 Å². The minimum Gasteiger partial charge on any atom is -0.380 e. The smallest absolute Gasteiger partial charge is 0.254 e. The van der Waals surface area contributed by atoms with E-state index in [1.807, 2.05) is 4.90 Å². The number of amides is 2. The van der Waals surface area contributed by atoms with Gasteiger partial charge in [-0.05, 0) is 94.4 Å². The van der Waals surface area contributed by atoms with Crippen LogP contribution in [0.2, 0.25) is 0 Å². The van der Waals surface area contributed by atoms with Crippen LogP contribution in [0, 0.1) is 29.6 Å². The van der Waals surface area contributed by atoms with Crippen LogP contribution in [0.3, 0.4) is 0 Å². The number of carbonyl (C=O) groups is 2. The van der Waals surface area contributed by atoms with E-state index in [9.17, 15) is 14.7 Å². The Morgan fingerprint density at radius 2 is 1.55 bits per heavy atom. The summed E-state index contributed by atoms with van der Waals surface area (Å²) in [5.74, 6) is 3.34. The molecule has 0 spiro atoms. The number of piperazine rings is 1. The lowest BCUT2D eigenvalue weighted by molar-refractivity contribution is -0.149. The van der Waals surface area contributed by atoms with Crippen molar-refractivity contribution in [3.63, 3.8) is 0 Å². The minimum atomic E-state index is -1.09. The Bertz CT molecular complexity index is 685. The average Bonchev–Trinajstić information content (AvgIpc) is 3.56. The fourth-order valence-corrected chi connectivity index (χ4v) is 7.19. The highest BCUT2D eigenvalue weighted by Gasteiger charge is 2.50. The van der Waals surface area contributed by atoms with Crippen LogP contribution in [0.1, 0.15) is 71.1 Å². The van der Waals surface area contributed by atoms with Gasteiger partial charge in [0.1, 0.15) is 5.60 Å². The Balaban J connectivity index is 1.11. The topological polar surface area (TPSA) is 72.9 Å². The van der Waals surface area contributed by atoms with Gasteiger partial charge in [0.25, 0.3) is 5.91 Å². The summed E-state index contributed by atoms with van der Waals surface area (Å²) in [5, 5.41) is 13.8. The van der Waals surface area contributed by atoms with E-state index in [0.29, 0.717) is 50.8 Å². The maximum Gasteiger partial charge on any atom is 0.254 e. The molecule has 0 bridgehead atoms. The number of nitrogens with one attached hydrogen (secondary N) is 1. The molecule has 0 radical (unpaired) electrons. The van der Waals surface area contributed by atoms with Crippen molar-refractivity contribution in [1.82, 2.24) is 15.1 Å². The van der Waals surface area contributed by atoms with Crippen LogP contribution in [-0.4, -0.2) is 71.1 Å². The zero-order valence-corrected chi connectivity index (χ0v) is 19.2. The molecule has 2 N–H and O–H groups in total. The Morgan fingerprint density at radius 1 is 0.871 bits per heavy atom. The van der Waals surface area contributed by atoms with Crippen molar-refractivity contribution >= 4 is 11.8 Å². The van der Waals surface area contributed by atoms with Gasteiger partial charge in [-0.3, -0.25) is 9.59 Å². The van der Waals surface area contributed by atoms with Crippen LogP contribution in [-0.2, 0) is 9.59 Å². The monoisotopic (exact) mass is 431 g/mol. The molecule has 3 aliphatic carbocycles. The van der Waals surface area contributed by atoms with Gasteiger partial charge >= 0.3 is 0 Å². The third kappa shape index (κ3) is 4.39. The van der Waals surface area contributed by atoms with Crippen LogP contribution in [0.25, 0.3) is 0 Å². The molecule has 5 aliphatic rings. The van der Waals surface area contributed by atoms with Crippen molar-refractivity contribution in [3.8, 4) is 0 Å². The second-order valence-electron chi connectivity index (χ2n) is 11.3. The molecule has 31 heavy (non-hydrogen) atoms. The summed E-state index contributed by atoms with van der Waals surface area (Å²) >= 11 is 0. The molecule has 0 aromatic rings. The second-order valence-corrected chi connectivity index (χ2v) is 11.3. The molecule has 6 nitrogen and oxygen atoms in total. The summed E-state index contributed by atoms with van der Waals surface area (Å²) in [5.41, 5.74) is -1.09. The van der Waals surface area contributed by atoms with Crippen molar-refractivity contribution < 1.29 is 14.7 Å². The van der Waals surface area contributed by atoms with Gasteiger partial charge in [-0.2, -0.15) is 0 Å². The molecule has 0 aromatic carbocycles. The van der Waals surface area contributed by atoms with E-state index in [1.54, 1.807) is 4.90 Å². The second kappa shape index (κ2) is 8.66. The summed E-state index contributed by atoms with van der Waals surface area (Å²) in [6, 6.07) is 0.770. The highest BCUT2D eigenvalue weighted by Crippen LogP contribution is 2.45. The van der Waals surface area contributed by atoms with Gasteiger partial charge in [0.05, 0.1) is 0 Å². The Morgan fingerprint density at radius 3 is 2.26 bits per heavy atom. The van der Waals surface area contributed by atoms with Gasteiger partial charge < -0.3 is 20.2 Å². The lowest BCUT2D eigenvalue weighted by Crippen LogP contribution is -2.55. The number of piperidine rings is 1. The van der Waals surface area contributed by atoms with Crippen LogP contribution in [0.15, 0.2) is 0 Å². The van der Waals surface area contributed by atoms with Gasteiger partial charge in [-0.25, -0.2) is 0 Å². The number of carbonyl (C=O) groups excluding carboxylic acids is 2. The van der Waals surface area contributed by atoms with Gasteiger partial charge in [-0.1, -0.05) is 6.92 Å². The van der Waals surface area contributed by atoms with E-state index in [1.165, 1.54) is 51.5 Å². The number of aliphatic hydroxyl groups is 1. The van der Waals surface area contributed by atoms with Crippen molar-refractivity contribution in [1.29, 1.82) is 0 Å². The first-order valence-electron chi connectivity index (χ1n) is 13.0. The van der Waals surface area contributed by atoms with E-state index >= 15 is 0 Å². The molecule has 2 amide bonds. The normalized spacial score (nSPS) is 40.2. The number of hydrogen-bond acceptors (Lipinski definition) is 4.